The summed E-state index contributed by atoms with van der Waals surface area (Å²) in [4.78, 5) is 12.2. The number of tetrazole rings is 1. The van der Waals surface area contributed by atoms with Crippen molar-refractivity contribution in [2.24, 2.45) is 0 Å². The van der Waals surface area contributed by atoms with E-state index in [1.807, 2.05) is 0 Å². The summed E-state index contributed by atoms with van der Waals surface area (Å²) in [6.07, 6.45) is 0. The number of aromatic nitrogens is 4. The molecule has 2 aromatic rings. The van der Waals surface area contributed by atoms with E-state index >= 15 is 0 Å². The third-order valence-corrected chi connectivity index (χ3v) is 2.53. The number of carbonyl (C=O) groups is 1. The van der Waals surface area contributed by atoms with Gasteiger partial charge in [0, 0.05) is 12.1 Å². The summed E-state index contributed by atoms with van der Waals surface area (Å²) < 4.78 is 15.5. The Morgan fingerprint density at radius 1 is 1.10 bits per heavy atom. The number of methoxy groups -OCH3 is 3. The maximum atomic E-state index is 12.2. The fourth-order valence-corrected chi connectivity index (χ4v) is 1.59. The number of carbonyl (C=O) groups excluding carboxylic acids is 1. The Labute approximate surface area is 114 Å². The van der Waals surface area contributed by atoms with Gasteiger partial charge in [-0.2, -0.15) is 0 Å². The number of hydrogen-bond donors (Lipinski definition) is 2. The molecule has 0 spiro atoms. The normalized spacial score (nSPS) is 9.95. The van der Waals surface area contributed by atoms with E-state index in [9.17, 15) is 4.79 Å². The molecule has 0 aliphatic heterocycles. The second-order valence-corrected chi connectivity index (χ2v) is 3.61. The number of ether oxygens (including phenoxy) is 3. The van der Waals surface area contributed by atoms with Crippen LogP contribution in [0.2, 0.25) is 0 Å². The lowest BCUT2D eigenvalue weighted by atomic mass is 10.1. The Balaban J connectivity index is 2.36. The first kappa shape index (κ1) is 13.6. The molecule has 1 aromatic heterocycles. The van der Waals surface area contributed by atoms with Gasteiger partial charge in [0.2, 0.25) is 5.95 Å². The Kier molecular flexibility index (Phi) is 3.99. The van der Waals surface area contributed by atoms with E-state index in [-0.39, 0.29) is 11.5 Å². The molecule has 0 aliphatic rings. The largest absolute Gasteiger partial charge is 0.496 e. The average Bonchev–Trinajstić information content (AvgIpc) is 2.98. The van der Waals surface area contributed by atoms with Crippen molar-refractivity contribution in [2.45, 2.75) is 0 Å². The number of rotatable bonds is 5. The Bertz CT molecular complexity index is 599. The summed E-state index contributed by atoms with van der Waals surface area (Å²) >= 11 is 0. The zero-order valence-electron chi connectivity index (χ0n) is 11.1. The van der Waals surface area contributed by atoms with E-state index in [0.717, 1.165) is 0 Å². The van der Waals surface area contributed by atoms with Gasteiger partial charge in [-0.1, -0.05) is 5.10 Å². The van der Waals surface area contributed by atoms with Gasteiger partial charge in [0.25, 0.3) is 5.91 Å². The number of anilines is 1. The molecule has 9 heteroatoms. The fourth-order valence-electron chi connectivity index (χ4n) is 1.59. The number of H-pyrrole nitrogens is 1. The van der Waals surface area contributed by atoms with Crippen LogP contribution in [0, 0.1) is 0 Å². The lowest BCUT2D eigenvalue weighted by Crippen LogP contribution is -2.14. The van der Waals surface area contributed by atoms with Gasteiger partial charge in [-0.05, 0) is 10.4 Å². The number of amides is 1. The molecular weight excluding hydrogens is 266 g/mol. The monoisotopic (exact) mass is 279 g/mol. The highest BCUT2D eigenvalue weighted by Crippen LogP contribution is 2.34. The Morgan fingerprint density at radius 2 is 1.75 bits per heavy atom. The quantitative estimate of drug-likeness (QED) is 0.818. The topological polar surface area (TPSA) is 111 Å². The minimum absolute atomic E-state index is 0.131. The number of nitrogens with zero attached hydrogens (tertiary/aromatic N) is 3. The van der Waals surface area contributed by atoms with Crippen LogP contribution in [0.5, 0.6) is 17.2 Å². The van der Waals surface area contributed by atoms with Crippen molar-refractivity contribution in [3.8, 4) is 17.2 Å². The molecule has 9 nitrogen and oxygen atoms in total. The second-order valence-electron chi connectivity index (χ2n) is 3.61. The summed E-state index contributed by atoms with van der Waals surface area (Å²) in [7, 11) is 4.43. The number of benzene rings is 1. The smallest absolute Gasteiger partial charge is 0.261 e. The maximum Gasteiger partial charge on any atom is 0.261 e. The van der Waals surface area contributed by atoms with Crippen LogP contribution in [0.1, 0.15) is 10.4 Å². The third kappa shape index (κ3) is 2.60. The fraction of sp³-hybridized carbons (Fsp3) is 0.273. The molecule has 1 heterocycles. The SMILES string of the molecule is COc1cc(OC)c(C(=O)Nc2nnn[nH]2)cc1OC. The van der Waals surface area contributed by atoms with Crippen LogP contribution in [-0.4, -0.2) is 47.9 Å². The van der Waals surface area contributed by atoms with Crippen LogP contribution in [0.15, 0.2) is 12.1 Å². The predicted molar refractivity (Wildman–Crippen MR) is 68.2 cm³/mol. The number of aromatic amines is 1. The molecule has 2 N–H and O–H groups in total. The van der Waals surface area contributed by atoms with Crippen LogP contribution in [0.3, 0.4) is 0 Å². The van der Waals surface area contributed by atoms with Crippen molar-refractivity contribution in [1.82, 2.24) is 20.6 Å². The molecule has 20 heavy (non-hydrogen) atoms. The van der Waals surface area contributed by atoms with Gasteiger partial charge in [-0.3, -0.25) is 10.1 Å². The van der Waals surface area contributed by atoms with Crippen molar-refractivity contribution >= 4 is 11.9 Å². The lowest BCUT2D eigenvalue weighted by Gasteiger charge is -2.13. The van der Waals surface area contributed by atoms with Crippen LogP contribution < -0.4 is 19.5 Å². The van der Waals surface area contributed by atoms with Crippen molar-refractivity contribution in [3.63, 3.8) is 0 Å². The van der Waals surface area contributed by atoms with Crippen LogP contribution in [0.25, 0.3) is 0 Å². The summed E-state index contributed by atoms with van der Waals surface area (Å²) in [5.74, 6) is 0.900. The van der Waals surface area contributed by atoms with Crippen LogP contribution >= 0.6 is 0 Å². The van der Waals surface area contributed by atoms with Gasteiger partial charge in [-0.15, -0.1) is 0 Å². The van der Waals surface area contributed by atoms with Gasteiger partial charge >= 0.3 is 0 Å². The molecule has 0 fully saturated rings. The zero-order valence-corrected chi connectivity index (χ0v) is 11.1. The van der Waals surface area contributed by atoms with E-state index in [1.54, 1.807) is 6.07 Å². The maximum absolute atomic E-state index is 12.2. The Morgan fingerprint density at radius 3 is 2.30 bits per heavy atom. The van der Waals surface area contributed by atoms with E-state index < -0.39 is 5.91 Å². The van der Waals surface area contributed by atoms with Crippen molar-refractivity contribution in [2.75, 3.05) is 26.6 Å². The highest BCUT2D eigenvalue weighted by atomic mass is 16.5. The standard InChI is InChI=1S/C11H13N5O4/c1-18-7-5-9(20-3)8(19-2)4-6(7)10(17)12-11-13-15-16-14-11/h4-5H,1-3H3,(H2,12,13,14,15,16,17). The minimum atomic E-state index is -0.443. The van der Waals surface area contributed by atoms with Crippen molar-refractivity contribution < 1.29 is 19.0 Å². The van der Waals surface area contributed by atoms with Gasteiger partial charge < -0.3 is 14.2 Å². The second kappa shape index (κ2) is 5.87. The van der Waals surface area contributed by atoms with E-state index in [0.29, 0.717) is 17.2 Å². The summed E-state index contributed by atoms with van der Waals surface area (Å²) in [6.45, 7) is 0. The molecule has 0 unspecified atom stereocenters. The first-order valence-corrected chi connectivity index (χ1v) is 5.54. The number of nitrogens with one attached hydrogen (secondary N) is 2. The Hall–Kier alpha value is -2.84. The highest BCUT2D eigenvalue weighted by Gasteiger charge is 2.18. The first-order valence-electron chi connectivity index (χ1n) is 5.54. The lowest BCUT2D eigenvalue weighted by molar-refractivity contribution is 0.102. The number of hydrogen-bond acceptors (Lipinski definition) is 7. The molecule has 106 valence electrons. The zero-order chi connectivity index (χ0) is 14.5. The summed E-state index contributed by atoms with van der Waals surface area (Å²) in [5, 5.41) is 15.2. The summed E-state index contributed by atoms with van der Waals surface area (Å²) in [6, 6.07) is 3.07. The van der Waals surface area contributed by atoms with Crippen molar-refractivity contribution in [1.29, 1.82) is 0 Å². The molecular formula is C11H13N5O4. The molecule has 0 aliphatic carbocycles. The van der Waals surface area contributed by atoms with E-state index in [1.165, 1.54) is 27.4 Å². The molecule has 0 radical (unpaired) electrons. The van der Waals surface area contributed by atoms with Crippen LogP contribution in [-0.2, 0) is 0 Å². The van der Waals surface area contributed by atoms with Gasteiger partial charge in [0.1, 0.15) is 5.75 Å². The van der Waals surface area contributed by atoms with E-state index in [2.05, 4.69) is 25.9 Å². The molecule has 2 rings (SSSR count). The van der Waals surface area contributed by atoms with Gasteiger partial charge in [0.15, 0.2) is 11.5 Å². The molecule has 0 saturated heterocycles. The minimum Gasteiger partial charge on any atom is -0.496 e. The highest BCUT2D eigenvalue weighted by molar-refractivity contribution is 6.05. The average molecular weight is 279 g/mol. The van der Waals surface area contributed by atoms with Crippen molar-refractivity contribution in [3.05, 3.63) is 17.7 Å². The molecule has 0 saturated carbocycles. The van der Waals surface area contributed by atoms with E-state index in [4.69, 9.17) is 14.2 Å². The van der Waals surface area contributed by atoms with Crippen LogP contribution in [0.4, 0.5) is 5.95 Å². The van der Waals surface area contributed by atoms with Gasteiger partial charge in [0.05, 0.1) is 26.9 Å². The van der Waals surface area contributed by atoms with Gasteiger partial charge in [-0.25, -0.2) is 5.10 Å². The molecule has 0 atom stereocenters. The molecule has 1 aromatic carbocycles. The third-order valence-electron chi connectivity index (χ3n) is 2.53. The predicted octanol–water partition coefficient (Wildman–Crippen LogP) is 0.478. The summed E-state index contributed by atoms with van der Waals surface area (Å²) in [5.41, 5.74) is 0.265. The molecule has 1 amide bonds. The first-order chi connectivity index (χ1) is 9.69. The molecule has 0 bridgehead atoms.